The van der Waals surface area contributed by atoms with Crippen molar-refractivity contribution in [3.05, 3.63) is 53.9 Å². The van der Waals surface area contributed by atoms with Crippen LogP contribution in [0.1, 0.15) is 30.9 Å². The fourth-order valence-corrected chi connectivity index (χ4v) is 3.22. The summed E-state index contributed by atoms with van der Waals surface area (Å²) < 4.78 is 11.1. The van der Waals surface area contributed by atoms with Gasteiger partial charge in [-0.05, 0) is 42.2 Å². The van der Waals surface area contributed by atoms with E-state index in [9.17, 15) is 4.79 Å². The van der Waals surface area contributed by atoms with Gasteiger partial charge in [-0.15, -0.1) is 0 Å². The number of pyridine rings is 1. The highest BCUT2D eigenvalue weighted by Crippen LogP contribution is 2.31. The summed E-state index contributed by atoms with van der Waals surface area (Å²) in [6, 6.07) is 9.73. The van der Waals surface area contributed by atoms with Crippen LogP contribution >= 0.6 is 0 Å². The van der Waals surface area contributed by atoms with Crippen LogP contribution in [-0.2, 0) is 17.8 Å². The monoisotopic (exact) mass is 354 g/mol. The third-order valence-corrected chi connectivity index (χ3v) is 4.75. The van der Waals surface area contributed by atoms with E-state index in [1.807, 2.05) is 35.2 Å². The minimum atomic E-state index is -0.144. The predicted octanol–water partition coefficient (Wildman–Crippen LogP) is 3.47. The second kappa shape index (κ2) is 8.70. The van der Waals surface area contributed by atoms with Crippen molar-refractivity contribution < 1.29 is 14.3 Å². The van der Waals surface area contributed by atoms with E-state index < -0.39 is 0 Å². The van der Waals surface area contributed by atoms with Crippen LogP contribution in [0.4, 0.5) is 0 Å². The summed E-state index contributed by atoms with van der Waals surface area (Å²) in [5.74, 6) is 1.62. The molecule has 0 bridgehead atoms. The molecule has 138 valence electrons. The Balaban J connectivity index is 1.71. The van der Waals surface area contributed by atoms with E-state index in [0.717, 1.165) is 42.0 Å². The van der Waals surface area contributed by atoms with Crippen molar-refractivity contribution in [2.45, 2.75) is 32.7 Å². The molecular formula is C21H26N2O3. The molecule has 0 saturated carbocycles. The van der Waals surface area contributed by atoms with Crippen molar-refractivity contribution in [2.75, 3.05) is 20.3 Å². The van der Waals surface area contributed by atoms with E-state index >= 15 is 0 Å². The number of aromatic nitrogens is 1. The average molecular weight is 354 g/mol. The molecule has 1 aromatic carbocycles. The number of rotatable bonds is 7. The van der Waals surface area contributed by atoms with Gasteiger partial charge in [-0.2, -0.15) is 0 Å². The van der Waals surface area contributed by atoms with Gasteiger partial charge in [0, 0.05) is 31.5 Å². The van der Waals surface area contributed by atoms with Crippen LogP contribution in [0.25, 0.3) is 0 Å². The Kier molecular flexibility index (Phi) is 6.10. The second-order valence-corrected chi connectivity index (χ2v) is 6.65. The number of ether oxygens (including phenoxy) is 2. The van der Waals surface area contributed by atoms with Gasteiger partial charge in [0.2, 0.25) is 5.91 Å². The number of benzene rings is 1. The van der Waals surface area contributed by atoms with E-state index in [-0.39, 0.29) is 11.8 Å². The molecule has 0 radical (unpaired) electrons. The van der Waals surface area contributed by atoms with Gasteiger partial charge in [-0.1, -0.05) is 19.4 Å². The Bertz CT molecular complexity index is 733. The number of amides is 1. The van der Waals surface area contributed by atoms with Crippen LogP contribution in [0.2, 0.25) is 0 Å². The maximum absolute atomic E-state index is 13.1. The molecular weight excluding hydrogens is 328 g/mol. The molecule has 26 heavy (non-hydrogen) atoms. The van der Waals surface area contributed by atoms with Crippen molar-refractivity contribution in [1.82, 2.24) is 9.88 Å². The minimum Gasteiger partial charge on any atom is -0.497 e. The topological polar surface area (TPSA) is 51.7 Å². The zero-order valence-electron chi connectivity index (χ0n) is 15.5. The molecule has 1 amide bonds. The van der Waals surface area contributed by atoms with Crippen LogP contribution in [-0.4, -0.2) is 36.1 Å². The Labute approximate surface area is 155 Å². The fourth-order valence-electron chi connectivity index (χ4n) is 3.22. The van der Waals surface area contributed by atoms with Crippen molar-refractivity contribution in [3.8, 4) is 11.5 Å². The quantitative estimate of drug-likeness (QED) is 0.764. The zero-order chi connectivity index (χ0) is 18.4. The van der Waals surface area contributed by atoms with Crippen molar-refractivity contribution in [2.24, 2.45) is 5.92 Å². The molecule has 0 spiro atoms. The molecule has 2 aromatic rings. The molecule has 1 aliphatic heterocycles. The Morgan fingerprint density at radius 3 is 2.85 bits per heavy atom. The number of methoxy groups -OCH3 is 1. The second-order valence-electron chi connectivity index (χ2n) is 6.65. The van der Waals surface area contributed by atoms with E-state index in [0.29, 0.717) is 19.6 Å². The molecule has 2 heterocycles. The Morgan fingerprint density at radius 1 is 1.31 bits per heavy atom. The van der Waals surface area contributed by atoms with Crippen molar-refractivity contribution in [3.63, 3.8) is 0 Å². The van der Waals surface area contributed by atoms with E-state index in [1.165, 1.54) is 0 Å². The standard InChI is InChI=1S/C21H26N2O3/c1-3-4-11-23(14-16-7-9-22-10-8-16)21(24)18-12-17-5-6-19(25-2)13-20(17)26-15-18/h5-10,13,18H,3-4,11-12,14-15H2,1-2H3. The van der Waals surface area contributed by atoms with Gasteiger partial charge in [-0.25, -0.2) is 0 Å². The number of fused-ring (bicyclic) bond motifs is 1. The first kappa shape index (κ1) is 18.2. The number of unbranched alkanes of at least 4 members (excludes halogenated alkanes) is 1. The first-order valence-corrected chi connectivity index (χ1v) is 9.18. The number of hydrogen-bond donors (Lipinski definition) is 0. The molecule has 0 fully saturated rings. The molecule has 1 unspecified atom stereocenters. The van der Waals surface area contributed by atoms with Crippen LogP contribution in [0.5, 0.6) is 11.5 Å². The van der Waals surface area contributed by atoms with Gasteiger partial charge >= 0.3 is 0 Å². The average Bonchev–Trinajstić information content (AvgIpc) is 2.70. The van der Waals surface area contributed by atoms with Crippen LogP contribution in [0, 0.1) is 5.92 Å². The highest BCUT2D eigenvalue weighted by molar-refractivity contribution is 5.80. The molecule has 1 aliphatic rings. The van der Waals surface area contributed by atoms with Gasteiger partial charge in [-0.3, -0.25) is 9.78 Å². The lowest BCUT2D eigenvalue weighted by molar-refractivity contribution is -0.137. The summed E-state index contributed by atoms with van der Waals surface area (Å²) in [6.07, 6.45) is 6.30. The summed E-state index contributed by atoms with van der Waals surface area (Å²) in [7, 11) is 1.64. The van der Waals surface area contributed by atoms with Crippen molar-refractivity contribution in [1.29, 1.82) is 0 Å². The molecule has 0 aliphatic carbocycles. The Hall–Kier alpha value is -2.56. The largest absolute Gasteiger partial charge is 0.497 e. The van der Waals surface area contributed by atoms with Crippen molar-refractivity contribution >= 4 is 5.91 Å². The number of carbonyl (C=O) groups excluding carboxylic acids is 1. The van der Waals surface area contributed by atoms with E-state index in [4.69, 9.17) is 9.47 Å². The molecule has 0 saturated heterocycles. The lowest BCUT2D eigenvalue weighted by atomic mass is 9.95. The first-order chi connectivity index (χ1) is 12.7. The third kappa shape index (κ3) is 4.34. The van der Waals surface area contributed by atoms with Crippen LogP contribution < -0.4 is 9.47 Å². The maximum Gasteiger partial charge on any atom is 0.229 e. The highest BCUT2D eigenvalue weighted by atomic mass is 16.5. The molecule has 1 atom stereocenters. The lowest BCUT2D eigenvalue weighted by Gasteiger charge is -2.30. The predicted molar refractivity (Wildman–Crippen MR) is 100 cm³/mol. The number of hydrogen-bond acceptors (Lipinski definition) is 4. The Morgan fingerprint density at radius 2 is 2.12 bits per heavy atom. The van der Waals surface area contributed by atoms with Gasteiger partial charge in [0.05, 0.1) is 13.0 Å². The maximum atomic E-state index is 13.1. The van der Waals surface area contributed by atoms with E-state index in [1.54, 1.807) is 19.5 Å². The molecule has 5 heteroatoms. The van der Waals surface area contributed by atoms with E-state index in [2.05, 4.69) is 11.9 Å². The molecule has 5 nitrogen and oxygen atoms in total. The SMILES string of the molecule is CCCCN(Cc1ccncc1)C(=O)C1COc2cc(OC)ccc2C1. The lowest BCUT2D eigenvalue weighted by Crippen LogP contribution is -2.41. The molecule has 0 N–H and O–H groups in total. The summed E-state index contributed by atoms with van der Waals surface area (Å²) in [5.41, 5.74) is 2.17. The highest BCUT2D eigenvalue weighted by Gasteiger charge is 2.29. The smallest absolute Gasteiger partial charge is 0.229 e. The minimum absolute atomic E-state index is 0.144. The number of nitrogens with zero attached hydrogens (tertiary/aromatic N) is 2. The summed E-state index contributed by atoms with van der Waals surface area (Å²) in [4.78, 5) is 19.2. The van der Waals surface area contributed by atoms with Gasteiger partial charge in [0.15, 0.2) is 0 Å². The zero-order valence-corrected chi connectivity index (χ0v) is 15.5. The summed E-state index contributed by atoms with van der Waals surface area (Å²) in [6.45, 7) is 3.94. The third-order valence-electron chi connectivity index (χ3n) is 4.75. The normalized spacial score (nSPS) is 15.7. The van der Waals surface area contributed by atoms with Crippen LogP contribution in [0.3, 0.4) is 0 Å². The van der Waals surface area contributed by atoms with Gasteiger partial charge in [0.1, 0.15) is 18.1 Å². The van der Waals surface area contributed by atoms with Crippen LogP contribution in [0.15, 0.2) is 42.7 Å². The summed E-state index contributed by atoms with van der Waals surface area (Å²) in [5, 5.41) is 0. The first-order valence-electron chi connectivity index (χ1n) is 9.18. The molecule has 1 aromatic heterocycles. The van der Waals surface area contributed by atoms with Gasteiger partial charge in [0.25, 0.3) is 0 Å². The summed E-state index contributed by atoms with van der Waals surface area (Å²) >= 11 is 0. The number of carbonyl (C=O) groups is 1. The fraction of sp³-hybridized carbons (Fsp3) is 0.429. The van der Waals surface area contributed by atoms with Gasteiger partial charge < -0.3 is 14.4 Å². The molecule has 3 rings (SSSR count).